The number of nitrogens with zero attached hydrogens (tertiary/aromatic N) is 2. The average molecular weight is 530 g/mol. The van der Waals surface area contributed by atoms with E-state index in [2.05, 4.69) is 57.3 Å². The van der Waals surface area contributed by atoms with Crippen LogP contribution in [0.1, 0.15) is 70.3 Å². The topological polar surface area (TPSA) is 78.4 Å². The number of benzene rings is 3. The van der Waals surface area contributed by atoms with Gasteiger partial charge in [0.05, 0.1) is 17.8 Å². The number of carboxylic acid groups (broad SMARTS) is 1. The van der Waals surface area contributed by atoms with E-state index in [1.165, 1.54) is 24.0 Å². The Kier molecular flexibility index (Phi) is 6.23. The Morgan fingerprint density at radius 2 is 1.80 bits per heavy atom. The van der Waals surface area contributed by atoms with E-state index in [0.29, 0.717) is 24.1 Å². The summed E-state index contributed by atoms with van der Waals surface area (Å²) in [6, 6.07) is 26.9. The molecule has 2 N–H and O–H groups in total. The molecular weight excluding hydrogens is 498 g/mol. The number of carbonyl (C=O) groups is 1. The molecule has 40 heavy (non-hydrogen) atoms. The van der Waals surface area contributed by atoms with E-state index in [0.717, 1.165) is 53.0 Å². The third-order valence-electron chi connectivity index (χ3n) is 8.21. The molecule has 5 aromatic rings. The average Bonchev–Trinajstić information content (AvgIpc) is 3.51. The van der Waals surface area contributed by atoms with Gasteiger partial charge < -0.3 is 19.7 Å². The number of nitrogens with one attached hydrogen (secondary N) is 1. The Balaban J connectivity index is 1.24. The summed E-state index contributed by atoms with van der Waals surface area (Å²) in [7, 11) is 0. The Bertz CT molecular complexity index is 1690. The highest BCUT2D eigenvalue weighted by Crippen LogP contribution is 2.47. The van der Waals surface area contributed by atoms with Gasteiger partial charge in [-0.05, 0) is 84.2 Å². The number of ether oxygens (including phenoxy) is 1. The minimum Gasteiger partial charge on any atom is -0.478 e. The molecule has 1 atom stereocenters. The van der Waals surface area contributed by atoms with E-state index in [1.807, 2.05) is 30.5 Å². The van der Waals surface area contributed by atoms with Gasteiger partial charge in [-0.2, -0.15) is 0 Å². The summed E-state index contributed by atoms with van der Waals surface area (Å²) < 4.78 is 6.54. The lowest BCUT2D eigenvalue weighted by molar-refractivity contribution is 0.0697. The first-order valence-corrected chi connectivity index (χ1v) is 14.0. The number of aromatic amines is 1. The Hall–Kier alpha value is -4.58. The molecule has 1 aliphatic heterocycles. The van der Waals surface area contributed by atoms with E-state index in [9.17, 15) is 9.90 Å². The second kappa shape index (κ2) is 10.2. The van der Waals surface area contributed by atoms with Crippen molar-refractivity contribution in [1.82, 2.24) is 9.97 Å². The van der Waals surface area contributed by atoms with Crippen molar-refractivity contribution in [3.05, 3.63) is 119 Å². The zero-order valence-corrected chi connectivity index (χ0v) is 22.2. The van der Waals surface area contributed by atoms with Gasteiger partial charge in [0, 0.05) is 36.3 Å². The van der Waals surface area contributed by atoms with Crippen molar-refractivity contribution < 1.29 is 14.6 Å². The predicted molar refractivity (Wildman–Crippen MR) is 157 cm³/mol. The number of hydrogen-bond donors (Lipinski definition) is 2. The van der Waals surface area contributed by atoms with Crippen LogP contribution in [0.2, 0.25) is 0 Å². The first kappa shape index (κ1) is 24.5. The highest BCUT2D eigenvalue weighted by atomic mass is 16.5. The van der Waals surface area contributed by atoms with Gasteiger partial charge in [-0.25, -0.2) is 9.78 Å². The molecule has 7 rings (SSSR count). The van der Waals surface area contributed by atoms with Gasteiger partial charge in [-0.1, -0.05) is 42.5 Å². The highest BCUT2D eigenvalue weighted by Gasteiger charge is 2.33. The molecule has 200 valence electrons. The summed E-state index contributed by atoms with van der Waals surface area (Å²) >= 11 is 0. The van der Waals surface area contributed by atoms with Crippen LogP contribution < -0.4 is 9.64 Å². The van der Waals surface area contributed by atoms with Gasteiger partial charge in [0.2, 0.25) is 0 Å². The van der Waals surface area contributed by atoms with E-state index < -0.39 is 5.97 Å². The molecule has 3 heterocycles. The van der Waals surface area contributed by atoms with Gasteiger partial charge >= 0.3 is 5.97 Å². The summed E-state index contributed by atoms with van der Waals surface area (Å²) in [4.78, 5) is 21.5. The maximum absolute atomic E-state index is 11.3. The maximum atomic E-state index is 11.3. The molecule has 6 nitrogen and oxygen atoms in total. The number of aromatic nitrogens is 2. The number of fused-ring (bicyclic) bond motifs is 1. The Morgan fingerprint density at radius 1 is 0.975 bits per heavy atom. The van der Waals surface area contributed by atoms with Crippen LogP contribution in [0.3, 0.4) is 0 Å². The Labute approximate surface area is 233 Å². The molecule has 1 saturated heterocycles. The fourth-order valence-corrected chi connectivity index (χ4v) is 6.03. The molecule has 3 aromatic carbocycles. The molecule has 1 aliphatic carbocycles. The van der Waals surface area contributed by atoms with Crippen LogP contribution >= 0.6 is 0 Å². The summed E-state index contributed by atoms with van der Waals surface area (Å²) in [5.41, 5.74) is 7.32. The standard InChI is InChI=1S/C34H31N3O3/c38-34(39)24-9-7-22(8-10-24)18-25-13-14-27(20-32(25)40-28-19-26-15-16-35-33(26)36-21-28)37-17-3-6-31(37)30-5-2-1-4-29(30)23-11-12-23/h1-2,4-5,7-10,13-16,19-21,23,31H,3,6,11-12,17-18H2,(H,35,36)(H,38,39). The molecular formula is C34H31N3O3. The molecule has 6 heteroatoms. The van der Waals surface area contributed by atoms with Crippen molar-refractivity contribution >= 4 is 22.7 Å². The zero-order valence-electron chi connectivity index (χ0n) is 22.2. The van der Waals surface area contributed by atoms with Crippen molar-refractivity contribution in [2.24, 2.45) is 0 Å². The van der Waals surface area contributed by atoms with E-state index in [1.54, 1.807) is 18.3 Å². The second-order valence-corrected chi connectivity index (χ2v) is 10.9. The minimum absolute atomic E-state index is 0.285. The van der Waals surface area contributed by atoms with Gasteiger partial charge in [0.1, 0.15) is 17.1 Å². The summed E-state index contributed by atoms with van der Waals surface area (Å²) in [6.45, 7) is 1.01. The van der Waals surface area contributed by atoms with Crippen LogP contribution in [-0.4, -0.2) is 27.6 Å². The third kappa shape index (κ3) is 4.81. The largest absolute Gasteiger partial charge is 0.478 e. The molecule has 1 unspecified atom stereocenters. The lowest BCUT2D eigenvalue weighted by Crippen LogP contribution is -2.23. The molecule has 2 aromatic heterocycles. The van der Waals surface area contributed by atoms with Gasteiger partial charge in [0.25, 0.3) is 0 Å². The fourth-order valence-electron chi connectivity index (χ4n) is 6.03. The fraction of sp³-hybridized carbons (Fsp3) is 0.235. The smallest absolute Gasteiger partial charge is 0.335 e. The van der Waals surface area contributed by atoms with E-state index in [4.69, 9.17) is 4.74 Å². The molecule has 0 bridgehead atoms. The van der Waals surface area contributed by atoms with Crippen molar-refractivity contribution in [1.29, 1.82) is 0 Å². The highest BCUT2D eigenvalue weighted by molar-refractivity contribution is 5.87. The summed E-state index contributed by atoms with van der Waals surface area (Å²) in [5, 5.41) is 10.3. The van der Waals surface area contributed by atoms with Crippen LogP contribution in [-0.2, 0) is 6.42 Å². The zero-order chi connectivity index (χ0) is 27.1. The summed E-state index contributed by atoms with van der Waals surface area (Å²) in [5.74, 6) is 1.26. The van der Waals surface area contributed by atoms with Crippen molar-refractivity contribution in [2.45, 2.75) is 44.1 Å². The number of carboxylic acids is 1. The maximum Gasteiger partial charge on any atom is 0.335 e. The first-order chi connectivity index (χ1) is 19.6. The van der Waals surface area contributed by atoms with Crippen LogP contribution in [0.5, 0.6) is 11.5 Å². The quantitative estimate of drug-likeness (QED) is 0.214. The molecule has 0 spiro atoms. The van der Waals surface area contributed by atoms with Crippen molar-refractivity contribution in [3.63, 3.8) is 0 Å². The number of H-pyrrole nitrogens is 1. The van der Waals surface area contributed by atoms with Crippen LogP contribution in [0, 0.1) is 0 Å². The number of anilines is 1. The molecule has 0 amide bonds. The van der Waals surface area contributed by atoms with Crippen molar-refractivity contribution in [2.75, 3.05) is 11.4 Å². The minimum atomic E-state index is -0.920. The van der Waals surface area contributed by atoms with Gasteiger partial charge in [-0.3, -0.25) is 0 Å². The number of rotatable bonds is 8. The van der Waals surface area contributed by atoms with Crippen LogP contribution in [0.4, 0.5) is 5.69 Å². The van der Waals surface area contributed by atoms with Gasteiger partial charge in [0.15, 0.2) is 0 Å². The molecule has 0 radical (unpaired) electrons. The monoisotopic (exact) mass is 529 g/mol. The Morgan fingerprint density at radius 3 is 2.60 bits per heavy atom. The van der Waals surface area contributed by atoms with Crippen LogP contribution in [0.25, 0.3) is 11.0 Å². The van der Waals surface area contributed by atoms with E-state index >= 15 is 0 Å². The predicted octanol–water partition coefficient (Wildman–Crippen LogP) is 7.86. The van der Waals surface area contributed by atoms with Gasteiger partial charge in [-0.15, -0.1) is 0 Å². The number of pyridine rings is 1. The number of hydrogen-bond acceptors (Lipinski definition) is 4. The second-order valence-electron chi connectivity index (χ2n) is 10.9. The third-order valence-corrected chi connectivity index (χ3v) is 8.21. The normalized spacial score (nSPS) is 16.9. The first-order valence-electron chi connectivity index (χ1n) is 14.0. The van der Waals surface area contributed by atoms with Crippen LogP contribution in [0.15, 0.2) is 91.3 Å². The molecule has 2 aliphatic rings. The summed E-state index contributed by atoms with van der Waals surface area (Å²) in [6.07, 6.45) is 9.15. The molecule has 1 saturated carbocycles. The van der Waals surface area contributed by atoms with Crippen molar-refractivity contribution in [3.8, 4) is 11.5 Å². The molecule has 2 fully saturated rings. The lowest BCUT2D eigenvalue weighted by Gasteiger charge is -2.29. The SMILES string of the molecule is O=C(O)c1ccc(Cc2ccc(N3CCCC3c3ccccc3C3CC3)cc2Oc2cnc3[nH]ccc3c2)cc1. The number of aromatic carboxylic acids is 1. The van der Waals surface area contributed by atoms with E-state index in [-0.39, 0.29) is 5.56 Å². The lowest BCUT2D eigenvalue weighted by atomic mass is 9.95.